The molecular formula is C29H27Cl2N3O6. The van der Waals surface area contributed by atoms with Gasteiger partial charge >= 0.3 is 5.97 Å². The van der Waals surface area contributed by atoms with Crippen LogP contribution in [0.15, 0.2) is 71.9 Å². The Morgan fingerprint density at radius 2 is 1.68 bits per heavy atom. The monoisotopic (exact) mass is 583 g/mol. The second-order valence-corrected chi connectivity index (χ2v) is 10.1. The van der Waals surface area contributed by atoms with Gasteiger partial charge in [-0.05, 0) is 48.9 Å². The number of esters is 1. The molecule has 0 spiro atoms. The molecule has 1 aliphatic rings. The maximum absolute atomic E-state index is 13.3. The first-order valence-electron chi connectivity index (χ1n) is 12.3. The van der Waals surface area contributed by atoms with Crippen LogP contribution in [-0.4, -0.2) is 49.4 Å². The molecule has 3 aromatic carbocycles. The molecule has 4 rings (SSSR count). The van der Waals surface area contributed by atoms with E-state index in [1.165, 1.54) is 7.11 Å². The number of halogens is 2. The number of amides is 2. The van der Waals surface area contributed by atoms with Crippen molar-refractivity contribution in [3.05, 3.63) is 93.5 Å². The average molecular weight is 584 g/mol. The fraction of sp³-hybridized carbons (Fsp3) is 0.241. The number of benzene rings is 3. The number of carbonyl (C=O) groups excluding carboxylic acids is 3. The fourth-order valence-corrected chi connectivity index (χ4v) is 4.77. The largest absolute Gasteiger partial charge is 0.496 e. The van der Waals surface area contributed by atoms with Gasteiger partial charge in [-0.1, -0.05) is 58.7 Å². The molecule has 0 bridgehead atoms. The SMILES string of the molecule is COC(=O)[C@H](Cc1ccc(NC(=O)c2c(Cl)cccc2Cl)cc1)NC(=O)C1(C)CC(c2ccccc2OC)=NO1. The zero-order chi connectivity index (χ0) is 28.9. The number of anilines is 1. The number of hydrogen-bond donors (Lipinski definition) is 2. The van der Waals surface area contributed by atoms with Crippen LogP contribution in [0.2, 0.25) is 10.0 Å². The van der Waals surface area contributed by atoms with Crippen LogP contribution in [0.1, 0.15) is 34.8 Å². The highest BCUT2D eigenvalue weighted by Gasteiger charge is 2.44. The molecule has 0 aliphatic carbocycles. The first-order chi connectivity index (χ1) is 19.1. The summed E-state index contributed by atoms with van der Waals surface area (Å²) in [6.45, 7) is 1.60. The van der Waals surface area contributed by atoms with E-state index in [1.54, 1.807) is 62.6 Å². The average Bonchev–Trinajstić information content (AvgIpc) is 3.36. The van der Waals surface area contributed by atoms with E-state index in [4.69, 9.17) is 37.5 Å². The fourth-order valence-electron chi connectivity index (χ4n) is 4.20. The van der Waals surface area contributed by atoms with Gasteiger partial charge in [-0.2, -0.15) is 0 Å². The Bertz CT molecular complexity index is 1440. The molecule has 1 aliphatic heterocycles. The van der Waals surface area contributed by atoms with Crippen molar-refractivity contribution in [3.63, 3.8) is 0 Å². The second-order valence-electron chi connectivity index (χ2n) is 9.24. The van der Waals surface area contributed by atoms with Crippen molar-refractivity contribution < 1.29 is 28.7 Å². The first kappa shape index (κ1) is 28.9. The summed E-state index contributed by atoms with van der Waals surface area (Å²) < 4.78 is 10.3. The molecule has 1 unspecified atom stereocenters. The smallest absolute Gasteiger partial charge is 0.328 e. The van der Waals surface area contributed by atoms with Gasteiger partial charge in [0, 0.05) is 24.1 Å². The minimum atomic E-state index is -1.34. The van der Waals surface area contributed by atoms with E-state index >= 15 is 0 Å². The Kier molecular flexibility index (Phi) is 8.96. The summed E-state index contributed by atoms with van der Waals surface area (Å²) in [4.78, 5) is 44.0. The van der Waals surface area contributed by atoms with E-state index in [1.807, 2.05) is 18.2 Å². The van der Waals surface area contributed by atoms with Crippen molar-refractivity contribution in [2.45, 2.75) is 31.4 Å². The third-order valence-electron chi connectivity index (χ3n) is 6.39. The molecule has 0 aromatic heterocycles. The third-order valence-corrected chi connectivity index (χ3v) is 7.02. The number of para-hydroxylation sites is 1. The molecular weight excluding hydrogens is 557 g/mol. The highest BCUT2D eigenvalue weighted by molar-refractivity contribution is 6.40. The van der Waals surface area contributed by atoms with Gasteiger partial charge in [0.1, 0.15) is 11.8 Å². The molecule has 11 heteroatoms. The van der Waals surface area contributed by atoms with E-state index in [2.05, 4.69) is 15.8 Å². The Morgan fingerprint density at radius 1 is 1.00 bits per heavy atom. The van der Waals surface area contributed by atoms with Gasteiger partial charge < -0.3 is 24.9 Å². The van der Waals surface area contributed by atoms with Crippen LogP contribution in [0.3, 0.4) is 0 Å². The zero-order valence-electron chi connectivity index (χ0n) is 22.0. The van der Waals surface area contributed by atoms with Gasteiger partial charge in [0.25, 0.3) is 11.8 Å². The summed E-state index contributed by atoms with van der Waals surface area (Å²) in [7, 11) is 2.80. The summed E-state index contributed by atoms with van der Waals surface area (Å²) in [5, 5.41) is 10.1. The molecule has 2 N–H and O–H groups in total. The molecule has 208 valence electrons. The predicted octanol–water partition coefficient (Wildman–Crippen LogP) is 5.04. The molecule has 9 nitrogen and oxygen atoms in total. The molecule has 0 saturated carbocycles. The topological polar surface area (TPSA) is 115 Å². The highest BCUT2D eigenvalue weighted by atomic mass is 35.5. The molecule has 2 amide bonds. The van der Waals surface area contributed by atoms with Crippen LogP contribution in [0, 0.1) is 0 Å². The van der Waals surface area contributed by atoms with E-state index in [9.17, 15) is 14.4 Å². The van der Waals surface area contributed by atoms with Crippen molar-refractivity contribution in [2.24, 2.45) is 5.16 Å². The van der Waals surface area contributed by atoms with Crippen LogP contribution in [0.4, 0.5) is 5.69 Å². The summed E-state index contributed by atoms with van der Waals surface area (Å²) in [5.41, 5.74) is 1.32. The van der Waals surface area contributed by atoms with Gasteiger partial charge in [-0.25, -0.2) is 4.79 Å². The summed E-state index contributed by atoms with van der Waals surface area (Å²) in [6, 6.07) is 17.9. The van der Waals surface area contributed by atoms with Crippen molar-refractivity contribution in [3.8, 4) is 5.75 Å². The predicted molar refractivity (Wildman–Crippen MR) is 152 cm³/mol. The summed E-state index contributed by atoms with van der Waals surface area (Å²) >= 11 is 12.2. The molecule has 1 heterocycles. The Morgan fingerprint density at radius 3 is 2.33 bits per heavy atom. The number of carbonyl (C=O) groups is 3. The molecule has 2 atom stereocenters. The lowest BCUT2D eigenvalue weighted by atomic mass is 9.94. The summed E-state index contributed by atoms with van der Waals surface area (Å²) in [6.07, 6.45) is 0.316. The maximum atomic E-state index is 13.3. The van der Waals surface area contributed by atoms with Crippen molar-refractivity contribution >= 4 is 52.4 Å². The number of methoxy groups -OCH3 is 2. The van der Waals surface area contributed by atoms with Crippen molar-refractivity contribution in [1.29, 1.82) is 0 Å². The van der Waals surface area contributed by atoms with E-state index < -0.39 is 29.4 Å². The van der Waals surface area contributed by atoms with Gasteiger partial charge in [0.05, 0.1) is 35.5 Å². The lowest BCUT2D eigenvalue weighted by Crippen LogP contribution is -2.52. The van der Waals surface area contributed by atoms with Gasteiger partial charge in [-0.15, -0.1) is 0 Å². The number of oxime groups is 1. The number of hydrogen-bond acceptors (Lipinski definition) is 7. The quantitative estimate of drug-likeness (QED) is 0.341. The molecule has 0 saturated heterocycles. The van der Waals surface area contributed by atoms with Gasteiger partial charge in [-0.3, -0.25) is 9.59 Å². The minimum absolute atomic E-state index is 0.138. The van der Waals surface area contributed by atoms with Crippen LogP contribution in [0.5, 0.6) is 5.75 Å². The van der Waals surface area contributed by atoms with Crippen LogP contribution < -0.4 is 15.4 Å². The Labute approximate surface area is 241 Å². The maximum Gasteiger partial charge on any atom is 0.328 e. The second kappa shape index (κ2) is 12.4. The first-order valence-corrected chi connectivity index (χ1v) is 13.0. The normalized spacial score (nSPS) is 16.8. The van der Waals surface area contributed by atoms with Crippen LogP contribution in [0.25, 0.3) is 0 Å². The molecule has 3 aromatic rings. The van der Waals surface area contributed by atoms with Gasteiger partial charge in [0.2, 0.25) is 5.60 Å². The Balaban J connectivity index is 1.42. The lowest BCUT2D eigenvalue weighted by molar-refractivity contribution is -0.150. The zero-order valence-corrected chi connectivity index (χ0v) is 23.5. The third kappa shape index (κ3) is 6.38. The molecule has 0 radical (unpaired) electrons. The highest BCUT2D eigenvalue weighted by Crippen LogP contribution is 2.31. The number of nitrogens with zero attached hydrogens (tertiary/aromatic N) is 1. The minimum Gasteiger partial charge on any atom is -0.496 e. The van der Waals surface area contributed by atoms with Crippen molar-refractivity contribution in [1.82, 2.24) is 5.32 Å². The number of nitrogens with one attached hydrogen (secondary N) is 2. The Hall–Kier alpha value is -4.08. The number of rotatable bonds is 9. The summed E-state index contributed by atoms with van der Waals surface area (Å²) in [5.74, 6) is -0.984. The standard InChI is InChI=1S/C29H27Cl2N3O6/c1-29(16-23(34-40-29)19-7-4-5-10-24(19)38-2)28(37)33-22(27(36)39-3)15-17-11-13-18(14-12-17)32-26(35)25-20(30)8-6-9-21(25)31/h4-14,22H,15-16H2,1-3H3,(H,32,35)(H,33,37)/t22-,29?/m0/s1. The van der Waals surface area contributed by atoms with E-state index in [0.29, 0.717) is 22.7 Å². The van der Waals surface area contributed by atoms with Crippen molar-refractivity contribution in [2.75, 3.05) is 19.5 Å². The van der Waals surface area contributed by atoms with Crippen LogP contribution >= 0.6 is 23.2 Å². The number of ether oxygens (including phenoxy) is 2. The molecule has 40 heavy (non-hydrogen) atoms. The van der Waals surface area contributed by atoms with E-state index in [-0.39, 0.29) is 28.5 Å². The molecule has 0 fully saturated rings. The van der Waals surface area contributed by atoms with Gasteiger partial charge in [0.15, 0.2) is 0 Å². The van der Waals surface area contributed by atoms with Crippen LogP contribution in [-0.2, 0) is 25.6 Å². The lowest BCUT2D eigenvalue weighted by Gasteiger charge is -2.24. The van der Waals surface area contributed by atoms with E-state index in [0.717, 1.165) is 5.56 Å².